The molecule has 1 N–H and O–H groups in total. The number of esters is 1. The van der Waals surface area contributed by atoms with E-state index in [0.29, 0.717) is 35.3 Å². The molecule has 0 saturated carbocycles. The highest BCUT2D eigenvalue weighted by Gasteiger charge is 2.28. The highest BCUT2D eigenvalue weighted by Crippen LogP contribution is 2.31. The van der Waals surface area contributed by atoms with Crippen LogP contribution in [0.2, 0.25) is 5.02 Å². The van der Waals surface area contributed by atoms with Crippen molar-refractivity contribution < 1.29 is 28.5 Å². The number of carbonyl (C=O) groups excluding carboxylic acids is 2. The second kappa shape index (κ2) is 8.61. The molecule has 8 heteroatoms. The third-order valence-electron chi connectivity index (χ3n) is 4.70. The molecular formula is C21H20ClNO6. The molecule has 29 heavy (non-hydrogen) atoms. The lowest BCUT2D eigenvalue weighted by Gasteiger charge is -2.26. The van der Waals surface area contributed by atoms with Gasteiger partial charge in [-0.25, -0.2) is 0 Å². The Morgan fingerprint density at radius 2 is 1.86 bits per heavy atom. The number of ether oxygens (including phenoxy) is 4. The second-order valence-corrected chi connectivity index (χ2v) is 7.31. The molecule has 152 valence electrons. The summed E-state index contributed by atoms with van der Waals surface area (Å²) >= 11 is 5.99. The van der Waals surface area contributed by atoms with Crippen molar-refractivity contribution in [3.05, 3.63) is 53.1 Å². The van der Waals surface area contributed by atoms with Gasteiger partial charge in [0, 0.05) is 5.02 Å². The van der Waals surface area contributed by atoms with Gasteiger partial charge in [0.25, 0.3) is 5.91 Å². The minimum Gasteiger partial charge on any atom is -0.492 e. The first-order chi connectivity index (χ1) is 14.1. The number of para-hydroxylation sites is 2. The first-order valence-corrected chi connectivity index (χ1v) is 9.69. The third-order valence-corrected chi connectivity index (χ3v) is 4.94. The lowest BCUT2D eigenvalue weighted by molar-refractivity contribution is -0.154. The summed E-state index contributed by atoms with van der Waals surface area (Å²) in [5.41, 5.74) is 0.852. The Morgan fingerprint density at radius 3 is 2.72 bits per heavy atom. The van der Waals surface area contributed by atoms with Gasteiger partial charge >= 0.3 is 5.97 Å². The molecule has 4 rings (SSSR count). The predicted octanol–water partition coefficient (Wildman–Crippen LogP) is 2.39. The summed E-state index contributed by atoms with van der Waals surface area (Å²) in [6, 6.07) is 12.6. The molecule has 2 aliphatic heterocycles. The minimum absolute atomic E-state index is 0.210. The topological polar surface area (TPSA) is 83.1 Å². The van der Waals surface area contributed by atoms with Crippen molar-refractivity contribution in [2.24, 2.45) is 5.92 Å². The van der Waals surface area contributed by atoms with Crippen LogP contribution in [-0.2, 0) is 20.7 Å². The Bertz CT molecular complexity index is 918. The molecule has 2 aliphatic rings. The molecule has 2 atom stereocenters. The quantitative estimate of drug-likeness (QED) is 0.752. The molecule has 0 fully saturated rings. The van der Waals surface area contributed by atoms with E-state index in [4.69, 9.17) is 30.5 Å². The molecule has 0 spiro atoms. The zero-order chi connectivity index (χ0) is 20.2. The number of fused-ring (bicyclic) bond motifs is 2. The standard InChI is InChI=1S/C21H20ClNO6/c22-15-5-6-17-13(8-15)7-14(10-26-17)21(25)28-12-20(24)23-9-16-11-27-18-3-1-2-4-19(18)29-16/h1-6,8,14,16H,7,9-12H2,(H,23,24)/t14-,16+/m1/s1. The number of halogens is 1. The van der Waals surface area contributed by atoms with Crippen molar-refractivity contribution in [1.82, 2.24) is 5.32 Å². The number of rotatable bonds is 5. The molecule has 0 radical (unpaired) electrons. The Morgan fingerprint density at radius 1 is 1.07 bits per heavy atom. The summed E-state index contributed by atoms with van der Waals surface area (Å²) in [4.78, 5) is 24.3. The average Bonchev–Trinajstić information content (AvgIpc) is 2.75. The number of nitrogens with one attached hydrogen (secondary N) is 1. The maximum Gasteiger partial charge on any atom is 0.313 e. The SMILES string of the molecule is O=C(COC(=O)[C@H]1COc2ccc(Cl)cc2C1)NC[C@H]1COc2ccccc2O1. The maximum absolute atomic E-state index is 12.3. The van der Waals surface area contributed by atoms with E-state index in [0.717, 1.165) is 5.56 Å². The Labute approximate surface area is 172 Å². The van der Waals surface area contributed by atoms with E-state index in [9.17, 15) is 9.59 Å². The van der Waals surface area contributed by atoms with Crippen LogP contribution in [0.3, 0.4) is 0 Å². The van der Waals surface area contributed by atoms with Crippen LogP contribution in [0, 0.1) is 5.92 Å². The van der Waals surface area contributed by atoms with E-state index in [1.807, 2.05) is 24.3 Å². The van der Waals surface area contributed by atoms with Crippen LogP contribution in [0.1, 0.15) is 5.56 Å². The van der Waals surface area contributed by atoms with E-state index in [1.165, 1.54) is 0 Å². The zero-order valence-electron chi connectivity index (χ0n) is 15.6. The van der Waals surface area contributed by atoms with Crippen molar-refractivity contribution in [3.63, 3.8) is 0 Å². The monoisotopic (exact) mass is 417 g/mol. The smallest absolute Gasteiger partial charge is 0.313 e. The number of hydrogen-bond donors (Lipinski definition) is 1. The summed E-state index contributed by atoms with van der Waals surface area (Å²) in [6.07, 6.45) is 0.153. The van der Waals surface area contributed by atoms with Crippen molar-refractivity contribution in [1.29, 1.82) is 0 Å². The maximum atomic E-state index is 12.3. The molecule has 1 amide bonds. The first-order valence-electron chi connectivity index (χ1n) is 9.31. The van der Waals surface area contributed by atoms with Gasteiger partial charge in [-0.2, -0.15) is 0 Å². The fraction of sp³-hybridized carbons (Fsp3) is 0.333. The minimum atomic E-state index is -0.475. The summed E-state index contributed by atoms with van der Waals surface area (Å²) < 4.78 is 22.1. The van der Waals surface area contributed by atoms with Gasteiger partial charge in [-0.3, -0.25) is 9.59 Å². The lowest BCUT2D eigenvalue weighted by Crippen LogP contribution is -2.42. The first kappa shape index (κ1) is 19.4. The van der Waals surface area contributed by atoms with Gasteiger partial charge in [0.1, 0.15) is 25.1 Å². The van der Waals surface area contributed by atoms with Gasteiger partial charge < -0.3 is 24.3 Å². The largest absolute Gasteiger partial charge is 0.492 e. The van der Waals surface area contributed by atoms with E-state index in [1.54, 1.807) is 18.2 Å². The van der Waals surface area contributed by atoms with Gasteiger partial charge in [0.2, 0.25) is 0 Å². The van der Waals surface area contributed by atoms with E-state index >= 15 is 0 Å². The highest BCUT2D eigenvalue weighted by molar-refractivity contribution is 6.30. The van der Waals surface area contributed by atoms with E-state index < -0.39 is 17.8 Å². The number of benzene rings is 2. The lowest BCUT2D eigenvalue weighted by atomic mass is 9.97. The Kier molecular flexibility index (Phi) is 5.76. The molecule has 2 heterocycles. The van der Waals surface area contributed by atoms with E-state index in [-0.39, 0.29) is 25.9 Å². The molecule has 2 aromatic rings. The molecular weight excluding hydrogens is 398 g/mol. The van der Waals surface area contributed by atoms with Crippen molar-refractivity contribution in [2.45, 2.75) is 12.5 Å². The average molecular weight is 418 g/mol. The van der Waals surface area contributed by atoms with Crippen LogP contribution in [0.4, 0.5) is 0 Å². The molecule has 0 bridgehead atoms. The van der Waals surface area contributed by atoms with Crippen LogP contribution in [0.5, 0.6) is 17.2 Å². The molecule has 0 aromatic heterocycles. The fourth-order valence-corrected chi connectivity index (χ4v) is 3.41. The van der Waals surface area contributed by atoms with Crippen LogP contribution in [-0.4, -0.2) is 44.3 Å². The van der Waals surface area contributed by atoms with Crippen LogP contribution in [0.15, 0.2) is 42.5 Å². The Balaban J connectivity index is 1.20. The normalized spacial score (nSPS) is 19.5. The molecule has 7 nitrogen and oxygen atoms in total. The van der Waals surface area contributed by atoms with Gasteiger partial charge in [-0.05, 0) is 42.3 Å². The number of hydrogen-bond acceptors (Lipinski definition) is 6. The predicted molar refractivity (Wildman–Crippen MR) is 104 cm³/mol. The summed E-state index contributed by atoms with van der Waals surface area (Å²) in [5.74, 6) is 0.689. The summed E-state index contributed by atoms with van der Waals surface area (Å²) in [7, 11) is 0. The third kappa shape index (κ3) is 4.74. The van der Waals surface area contributed by atoms with E-state index in [2.05, 4.69) is 5.32 Å². The summed E-state index contributed by atoms with van der Waals surface area (Å²) in [5, 5.41) is 3.28. The van der Waals surface area contributed by atoms with Crippen LogP contribution >= 0.6 is 11.6 Å². The van der Waals surface area contributed by atoms with Crippen molar-refractivity contribution >= 4 is 23.5 Å². The van der Waals surface area contributed by atoms with Gasteiger partial charge in [-0.15, -0.1) is 0 Å². The highest BCUT2D eigenvalue weighted by atomic mass is 35.5. The molecule has 2 aromatic carbocycles. The van der Waals surface area contributed by atoms with Gasteiger partial charge in [-0.1, -0.05) is 23.7 Å². The molecule has 0 saturated heterocycles. The zero-order valence-corrected chi connectivity index (χ0v) is 16.3. The summed E-state index contributed by atoms with van der Waals surface area (Å²) in [6.45, 7) is 0.436. The number of amides is 1. The fourth-order valence-electron chi connectivity index (χ4n) is 3.21. The second-order valence-electron chi connectivity index (χ2n) is 6.87. The van der Waals surface area contributed by atoms with Gasteiger partial charge in [0.15, 0.2) is 18.1 Å². The number of carbonyl (C=O) groups is 2. The van der Waals surface area contributed by atoms with Crippen molar-refractivity contribution in [2.75, 3.05) is 26.4 Å². The van der Waals surface area contributed by atoms with Gasteiger partial charge in [0.05, 0.1) is 12.5 Å². The Hall–Kier alpha value is -2.93. The molecule has 0 unspecified atom stereocenters. The van der Waals surface area contributed by atoms with Crippen LogP contribution in [0.25, 0.3) is 0 Å². The molecule has 0 aliphatic carbocycles. The van der Waals surface area contributed by atoms with Crippen LogP contribution < -0.4 is 19.5 Å². The van der Waals surface area contributed by atoms with Crippen molar-refractivity contribution in [3.8, 4) is 17.2 Å².